The minimum atomic E-state index is 0.126. The lowest BCUT2D eigenvalue weighted by Crippen LogP contribution is -2.27. The summed E-state index contributed by atoms with van der Waals surface area (Å²) in [5.41, 5.74) is 1.44. The fourth-order valence-electron chi connectivity index (χ4n) is 2.96. The normalized spacial score (nSPS) is 17.5. The van der Waals surface area contributed by atoms with Crippen LogP contribution in [0.25, 0.3) is 10.2 Å². The van der Waals surface area contributed by atoms with E-state index in [9.17, 15) is 4.79 Å². The van der Waals surface area contributed by atoms with Crippen LogP contribution in [-0.4, -0.2) is 27.7 Å². The molecule has 0 radical (unpaired) electrons. The Morgan fingerprint density at radius 3 is 2.95 bits per heavy atom. The average Bonchev–Trinajstić information content (AvgIpc) is 3.22. The minimum Gasteiger partial charge on any atom is -0.353 e. The second kappa shape index (κ2) is 5.81. The zero-order chi connectivity index (χ0) is 15.1. The van der Waals surface area contributed by atoms with Gasteiger partial charge in [0.1, 0.15) is 15.7 Å². The van der Waals surface area contributed by atoms with Crippen molar-refractivity contribution in [2.24, 2.45) is 0 Å². The molecule has 0 unspecified atom stereocenters. The Labute approximate surface area is 138 Å². The minimum absolute atomic E-state index is 0.126. The van der Waals surface area contributed by atoms with Crippen molar-refractivity contribution < 1.29 is 4.79 Å². The van der Waals surface area contributed by atoms with Crippen LogP contribution in [0.15, 0.2) is 5.03 Å². The van der Waals surface area contributed by atoms with Gasteiger partial charge in [-0.15, -0.1) is 11.3 Å². The van der Waals surface area contributed by atoms with Gasteiger partial charge in [-0.1, -0.05) is 11.8 Å². The standard InChI is InChI=1S/C16H19N3OS2/c1-9-17-15(21-8-13(20)19-10-6-7-10)14-11-4-2-3-5-12(11)22-16(14)18-9/h10H,2-8H2,1H3,(H,19,20). The van der Waals surface area contributed by atoms with E-state index >= 15 is 0 Å². The van der Waals surface area contributed by atoms with E-state index in [-0.39, 0.29) is 5.91 Å². The largest absolute Gasteiger partial charge is 0.353 e. The molecule has 1 amide bonds. The second-order valence-electron chi connectivity index (χ2n) is 6.10. The summed E-state index contributed by atoms with van der Waals surface area (Å²) in [5, 5.41) is 5.25. The molecule has 116 valence electrons. The summed E-state index contributed by atoms with van der Waals surface area (Å²) in [6, 6.07) is 0.425. The van der Waals surface area contributed by atoms with E-state index in [4.69, 9.17) is 0 Å². The highest BCUT2D eigenvalue weighted by Crippen LogP contribution is 2.39. The van der Waals surface area contributed by atoms with Crippen molar-refractivity contribution in [1.82, 2.24) is 15.3 Å². The monoisotopic (exact) mass is 333 g/mol. The van der Waals surface area contributed by atoms with Gasteiger partial charge in [-0.25, -0.2) is 9.97 Å². The number of aromatic nitrogens is 2. The number of fused-ring (bicyclic) bond motifs is 3. The van der Waals surface area contributed by atoms with Gasteiger partial charge in [0.05, 0.1) is 5.75 Å². The predicted molar refractivity (Wildman–Crippen MR) is 90.7 cm³/mol. The summed E-state index contributed by atoms with van der Waals surface area (Å²) in [5.74, 6) is 1.38. The number of hydrogen-bond donors (Lipinski definition) is 1. The fourth-order valence-corrected chi connectivity index (χ4v) is 5.24. The van der Waals surface area contributed by atoms with Crippen molar-refractivity contribution >= 4 is 39.2 Å². The number of hydrogen-bond acceptors (Lipinski definition) is 5. The molecule has 2 aliphatic carbocycles. The van der Waals surface area contributed by atoms with E-state index in [1.807, 2.05) is 18.3 Å². The molecule has 2 aromatic rings. The number of thioether (sulfide) groups is 1. The highest BCUT2D eigenvalue weighted by Gasteiger charge is 2.24. The van der Waals surface area contributed by atoms with Crippen molar-refractivity contribution in [3.05, 3.63) is 16.3 Å². The van der Waals surface area contributed by atoms with E-state index in [0.717, 1.165) is 34.9 Å². The molecule has 1 N–H and O–H groups in total. The molecule has 6 heteroatoms. The van der Waals surface area contributed by atoms with Crippen molar-refractivity contribution in [3.63, 3.8) is 0 Å². The third kappa shape index (κ3) is 2.86. The Balaban J connectivity index is 1.63. The third-order valence-electron chi connectivity index (χ3n) is 4.18. The van der Waals surface area contributed by atoms with Gasteiger partial charge < -0.3 is 5.32 Å². The van der Waals surface area contributed by atoms with Crippen LogP contribution in [0.2, 0.25) is 0 Å². The molecule has 0 atom stereocenters. The molecule has 2 aromatic heterocycles. The molecule has 2 aliphatic rings. The lowest BCUT2D eigenvalue weighted by molar-refractivity contribution is -0.118. The van der Waals surface area contributed by atoms with E-state index in [1.54, 1.807) is 11.8 Å². The molecular formula is C16H19N3OS2. The molecule has 0 aromatic carbocycles. The van der Waals surface area contributed by atoms with E-state index in [1.165, 1.54) is 35.1 Å². The number of rotatable bonds is 4. The zero-order valence-corrected chi connectivity index (χ0v) is 14.3. The zero-order valence-electron chi connectivity index (χ0n) is 12.6. The van der Waals surface area contributed by atoms with E-state index in [0.29, 0.717) is 11.8 Å². The lowest BCUT2D eigenvalue weighted by atomic mass is 9.97. The Morgan fingerprint density at radius 1 is 1.32 bits per heavy atom. The quantitative estimate of drug-likeness (QED) is 0.689. The first kappa shape index (κ1) is 14.5. The van der Waals surface area contributed by atoms with Gasteiger partial charge in [0.15, 0.2) is 0 Å². The topological polar surface area (TPSA) is 54.9 Å². The number of thiophene rings is 1. The van der Waals surface area contributed by atoms with Crippen LogP contribution in [0.5, 0.6) is 0 Å². The fraction of sp³-hybridized carbons (Fsp3) is 0.562. The van der Waals surface area contributed by atoms with Crippen LogP contribution in [-0.2, 0) is 17.6 Å². The van der Waals surface area contributed by atoms with Crippen molar-refractivity contribution in [1.29, 1.82) is 0 Å². The Kier molecular flexibility index (Phi) is 3.82. The van der Waals surface area contributed by atoms with Gasteiger partial charge in [-0.05, 0) is 51.0 Å². The first-order chi connectivity index (χ1) is 10.7. The number of carbonyl (C=O) groups is 1. The second-order valence-corrected chi connectivity index (χ2v) is 8.15. The van der Waals surface area contributed by atoms with Gasteiger partial charge in [-0.2, -0.15) is 0 Å². The van der Waals surface area contributed by atoms with E-state index < -0.39 is 0 Å². The third-order valence-corrected chi connectivity index (χ3v) is 6.34. The van der Waals surface area contributed by atoms with Crippen LogP contribution in [0.3, 0.4) is 0 Å². The number of nitrogens with one attached hydrogen (secondary N) is 1. The number of carbonyl (C=O) groups excluding carboxylic acids is 1. The molecule has 4 nitrogen and oxygen atoms in total. The SMILES string of the molecule is Cc1nc(SCC(=O)NC2CC2)c2c3c(sc2n1)CCCC3. The summed E-state index contributed by atoms with van der Waals surface area (Å²) in [6.07, 6.45) is 7.08. The molecule has 0 spiro atoms. The summed E-state index contributed by atoms with van der Waals surface area (Å²) < 4.78 is 0. The molecule has 2 heterocycles. The van der Waals surface area contributed by atoms with Crippen LogP contribution in [0, 0.1) is 6.92 Å². The van der Waals surface area contributed by atoms with Gasteiger partial charge in [0, 0.05) is 16.3 Å². The molecule has 1 saturated carbocycles. The highest BCUT2D eigenvalue weighted by molar-refractivity contribution is 8.00. The molecule has 0 saturated heterocycles. The van der Waals surface area contributed by atoms with Gasteiger partial charge in [0.2, 0.25) is 5.91 Å². The maximum Gasteiger partial charge on any atom is 0.230 e. The van der Waals surface area contributed by atoms with Gasteiger partial charge in [-0.3, -0.25) is 4.79 Å². The van der Waals surface area contributed by atoms with Crippen LogP contribution in [0.1, 0.15) is 41.9 Å². The number of amides is 1. The average molecular weight is 333 g/mol. The Bertz CT molecular complexity index is 737. The molecule has 1 fully saturated rings. The summed E-state index contributed by atoms with van der Waals surface area (Å²) in [7, 11) is 0. The number of nitrogens with zero attached hydrogens (tertiary/aromatic N) is 2. The Hall–Kier alpha value is -1.14. The maximum absolute atomic E-state index is 11.9. The molecular weight excluding hydrogens is 314 g/mol. The first-order valence-corrected chi connectivity index (χ1v) is 9.72. The lowest BCUT2D eigenvalue weighted by Gasteiger charge is -2.11. The molecule has 22 heavy (non-hydrogen) atoms. The maximum atomic E-state index is 11.9. The van der Waals surface area contributed by atoms with E-state index in [2.05, 4.69) is 15.3 Å². The van der Waals surface area contributed by atoms with Crippen molar-refractivity contribution in [2.75, 3.05) is 5.75 Å². The van der Waals surface area contributed by atoms with Gasteiger partial charge in [0.25, 0.3) is 0 Å². The van der Waals surface area contributed by atoms with Crippen LogP contribution >= 0.6 is 23.1 Å². The summed E-state index contributed by atoms with van der Waals surface area (Å²) >= 11 is 3.38. The van der Waals surface area contributed by atoms with Crippen LogP contribution in [0.4, 0.5) is 0 Å². The first-order valence-electron chi connectivity index (χ1n) is 7.92. The van der Waals surface area contributed by atoms with Crippen molar-refractivity contribution in [3.8, 4) is 0 Å². The van der Waals surface area contributed by atoms with Gasteiger partial charge >= 0.3 is 0 Å². The van der Waals surface area contributed by atoms with Crippen molar-refractivity contribution in [2.45, 2.75) is 56.5 Å². The predicted octanol–water partition coefficient (Wildman–Crippen LogP) is 3.25. The molecule has 4 rings (SSSR count). The Morgan fingerprint density at radius 2 is 2.14 bits per heavy atom. The summed E-state index contributed by atoms with van der Waals surface area (Å²) in [6.45, 7) is 1.94. The smallest absolute Gasteiger partial charge is 0.230 e. The highest BCUT2D eigenvalue weighted by atomic mass is 32.2. The molecule has 0 bridgehead atoms. The number of aryl methyl sites for hydroxylation is 3. The molecule has 0 aliphatic heterocycles. The van der Waals surface area contributed by atoms with Crippen LogP contribution < -0.4 is 5.32 Å². The summed E-state index contributed by atoms with van der Waals surface area (Å²) in [4.78, 5) is 23.8.